The fourth-order valence-electron chi connectivity index (χ4n) is 9.22. The summed E-state index contributed by atoms with van der Waals surface area (Å²) in [5.41, 5.74) is 0. The molecule has 0 aromatic rings. The molecule has 1 atom stereocenters. The van der Waals surface area contributed by atoms with Crippen molar-refractivity contribution >= 4 is 17.9 Å². The number of hydrogen-bond donors (Lipinski definition) is 0. The molecule has 0 amide bonds. The van der Waals surface area contributed by atoms with Crippen molar-refractivity contribution in [2.75, 3.05) is 13.2 Å². The second-order valence-electron chi connectivity index (χ2n) is 21.0. The van der Waals surface area contributed by atoms with Crippen LogP contribution in [0.4, 0.5) is 0 Å². The van der Waals surface area contributed by atoms with Crippen molar-refractivity contribution in [1.29, 1.82) is 0 Å². The molecule has 0 N–H and O–H groups in total. The minimum Gasteiger partial charge on any atom is -0.462 e. The van der Waals surface area contributed by atoms with Gasteiger partial charge in [0.1, 0.15) is 13.2 Å². The molecule has 0 rings (SSSR count). The number of ether oxygens (including phenoxy) is 3. The quantitative estimate of drug-likeness (QED) is 0.0261. The van der Waals surface area contributed by atoms with Gasteiger partial charge in [-0.05, 0) is 57.8 Å². The molecule has 410 valence electrons. The van der Waals surface area contributed by atoms with E-state index < -0.39 is 6.10 Å². The number of rotatable bonds is 57. The van der Waals surface area contributed by atoms with Crippen molar-refractivity contribution in [3.63, 3.8) is 0 Å². The third kappa shape index (κ3) is 56.5. The monoisotopic (exact) mass is 983 g/mol. The molecule has 0 aromatic carbocycles. The molecule has 0 saturated heterocycles. The van der Waals surface area contributed by atoms with Crippen LogP contribution in [0.2, 0.25) is 0 Å². The van der Waals surface area contributed by atoms with Crippen LogP contribution in [0.3, 0.4) is 0 Å². The molecule has 70 heavy (non-hydrogen) atoms. The van der Waals surface area contributed by atoms with Gasteiger partial charge in [-0.3, -0.25) is 14.4 Å². The number of carbonyl (C=O) groups excluding carboxylic acids is 3. The molecular formula is C64H118O6. The van der Waals surface area contributed by atoms with Crippen molar-refractivity contribution in [1.82, 2.24) is 0 Å². The number of allylic oxidation sites excluding steroid dienone is 6. The Kier molecular flexibility index (Phi) is 57.2. The average molecular weight is 984 g/mol. The molecule has 0 aliphatic rings. The molecule has 6 heteroatoms. The van der Waals surface area contributed by atoms with Gasteiger partial charge in [-0.15, -0.1) is 0 Å². The lowest BCUT2D eigenvalue weighted by Gasteiger charge is -2.18. The predicted octanol–water partition coefficient (Wildman–Crippen LogP) is 20.8. The molecule has 0 spiro atoms. The Morgan fingerprint density at radius 2 is 0.514 bits per heavy atom. The fourth-order valence-corrected chi connectivity index (χ4v) is 9.22. The predicted molar refractivity (Wildman–Crippen MR) is 302 cm³/mol. The SMILES string of the molecule is CCCCC/C=C\C/C=C\C/C=C\CCCCCCCCC(=O)OCC(COC(=O)CCCCCCCCCCCCCCCCCC)OC(=O)CCCCCCCCCCCCCCCCCCC. The average Bonchev–Trinajstić information content (AvgIpc) is 3.36. The van der Waals surface area contributed by atoms with E-state index in [1.54, 1.807) is 0 Å². The van der Waals surface area contributed by atoms with Gasteiger partial charge in [0.25, 0.3) is 0 Å². The second-order valence-corrected chi connectivity index (χ2v) is 21.0. The van der Waals surface area contributed by atoms with E-state index in [4.69, 9.17) is 14.2 Å². The van der Waals surface area contributed by atoms with E-state index in [0.717, 1.165) is 77.0 Å². The summed E-state index contributed by atoms with van der Waals surface area (Å²) in [5.74, 6) is -0.860. The first-order valence-electron chi connectivity index (χ1n) is 31.0. The second kappa shape index (κ2) is 59.2. The molecule has 6 nitrogen and oxygen atoms in total. The van der Waals surface area contributed by atoms with E-state index >= 15 is 0 Å². The van der Waals surface area contributed by atoms with Gasteiger partial charge in [0.15, 0.2) is 6.10 Å². The molecule has 0 fully saturated rings. The van der Waals surface area contributed by atoms with Gasteiger partial charge in [0.2, 0.25) is 0 Å². The minimum absolute atomic E-state index is 0.0709. The zero-order valence-electron chi connectivity index (χ0n) is 47.1. The highest BCUT2D eigenvalue weighted by Crippen LogP contribution is 2.17. The Bertz CT molecular complexity index is 1170. The molecule has 1 unspecified atom stereocenters. The Hall–Kier alpha value is -2.37. The van der Waals surface area contributed by atoms with Gasteiger partial charge in [0, 0.05) is 19.3 Å². The Labute approximate surface area is 435 Å². The van der Waals surface area contributed by atoms with Crippen LogP contribution < -0.4 is 0 Å². The Balaban J connectivity index is 4.35. The summed E-state index contributed by atoms with van der Waals surface area (Å²) in [6.07, 6.45) is 71.3. The summed E-state index contributed by atoms with van der Waals surface area (Å²) < 4.78 is 16.9. The first-order chi connectivity index (χ1) is 34.5. The number of hydrogen-bond acceptors (Lipinski definition) is 6. The van der Waals surface area contributed by atoms with Crippen LogP contribution in [0.25, 0.3) is 0 Å². The maximum absolute atomic E-state index is 12.9. The summed E-state index contributed by atoms with van der Waals surface area (Å²) in [4.78, 5) is 38.3. The normalized spacial score (nSPS) is 12.2. The molecular weight excluding hydrogens is 865 g/mol. The zero-order chi connectivity index (χ0) is 50.7. The van der Waals surface area contributed by atoms with Gasteiger partial charge in [-0.2, -0.15) is 0 Å². The van der Waals surface area contributed by atoms with Crippen LogP contribution in [-0.2, 0) is 28.6 Å². The molecule has 0 saturated carbocycles. The summed E-state index contributed by atoms with van der Waals surface area (Å²) in [6, 6.07) is 0. The van der Waals surface area contributed by atoms with Gasteiger partial charge < -0.3 is 14.2 Å². The molecule has 0 bridgehead atoms. The summed E-state index contributed by atoms with van der Waals surface area (Å²) in [6.45, 7) is 6.66. The number of carbonyl (C=O) groups is 3. The van der Waals surface area contributed by atoms with E-state index in [9.17, 15) is 14.4 Å². The number of esters is 3. The van der Waals surface area contributed by atoms with Crippen LogP contribution in [-0.4, -0.2) is 37.2 Å². The van der Waals surface area contributed by atoms with E-state index in [2.05, 4.69) is 57.2 Å². The highest BCUT2D eigenvalue weighted by atomic mass is 16.6. The van der Waals surface area contributed by atoms with Crippen LogP contribution in [0.1, 0.15) is 335 Å². The zero-order valence-corrected chi connectivity index (χ0v) is 47.1. The van der Waals surface area contributed by atoms with Crippen molar-refractivity contribution in [2.45, 2.75) is 341 Å². The minimum atomic E-state index is -0.774. The molecule has 0 aromatic heterocycles. The van der Waals surface area contributed by atoms with Crippen LogP contribution in [0.5, 0.6) is 0 Å². The largest absolute Gasteiger partial charge is 0.462 e. The topological polar surface area (TPSA) is 78.9 Å². The van der Waals surface area contributed by atoms with Gasteiger partial charge in [-0.25, -0.2) is 0 Å². The third-order valence-electron chi connectivity index (χ3n) is 13.9. The van der Waals surface area contributed by atoms with E-state index in [0.29, 0.717) is 19.3 Å². The lowest BCUT2D eigenvalue weighted by molar-refractivity contribution is -0.167. The molecule has 0 heterocycles. The van der Waals surface area contributed by atoms with Crippen LogP contribution in [0, 0.1) is 0 Å². The van der Waals surface area contributed by atoms with Gasteiger partial charge >= 0.3 is 17.9 Å². The van der Waals surface area contributed by atoms with Gasteiger partial charge in [0.05, 0.1) is 0 Å². The first-order valence-corrected chi connectivity index (χ1v) is 31.0. The highest BCUT2D eigenvalue weighted by Gasteiger charge is 2.19. The third-order valence-corrected chi connectivity index (χ3v) is 13.9. The van der Waals surface area contributed by atoms with Crippen molar-refractivity contribution < 1.29 is 28.6 Å². The Morgan fingerprint density at radius 1 is 0.286 bits per heavy atom. The Morgan fingerprint density at radius 3 is 0.829 bits per heavy atom. The standard InChI is InChI=1S/C64H118O6/c1-4-7-10-13-16-19-22-25-28-31-32-34-36-39-42-45-48-51-54-57-63(66)69-60-61(59-68-62(65)56-53-50-47-44-41-38-35-30-27-24-21-18-15-12-9-6-3)70-64(67)58-55-52-49-46-43-40-37-33-29-26-23-20-17-14-11-8-5-2/h16,19,25,28,32,34,61H,4-15,17-18,20-24,26-27,29-31,33,35-60H2,1-3H3/b19-16-,28-25-,34-32-. The van der Waals surface area contributed by atoms with Crippen LogP contribution >= 0.6 is 0 Å². The van der Waals surface area contributed by atoms with Gasteiger partial charge in [-0.1, -0.05) is 295 Å². The van der Waals surface area contributed by atoms with E-state index in [-0.39, 0.29) is 31.1 Å². The van der Waals surface area contributed by atoms with Crippen LogP contribution in [0.15, 0.2) is 36.5 Å². The maximum atomic E-state index is 12.9. The lowest BCUT2D eigenvalue weighted by atomic mass is 10.0. The summed E-state index contributed by atoms with van der Waals surface area (Å²) in [5, 5.41) is 0. The maximum Gasteiger partial charge on any atom is 0.306 e. The first kappa shape index (κ1) is 67.6. The molecule has 0 radical (unpaired) electrons. The van der Waals surface area contributed by atoms with E-state index in [1.807, 2.05) is 0 Å². The molecule has 0 aliphatic heterocycles. The summed E-state index contributed by atoms with van der Waals surface area (Å²) >= 11 is 0. The van der Waals surface area contributed by atoms with Crippen molar-refractivity contribution in [3.8, 4) is 0 Å². The smallest absolute Gasteiger partial charge is 0.306 e. The number of unbranched alkanes of at least 4 members (excludes halogenated alkanes) is 40. The molecule has 0 aliphatic carbocycles. The summed E-state index contributed by atoms with van der Waals surface area (Å²) in [7, 11) is 0. The fraction of sp³-hybridized carbons (Fsp3) is 0.859. The van der Waals surface area contributed by atoms with Crippen molar-refractivity contribution in [2.24, 2.45) is 0 Å². The lowest BCUT2D eigenvalue weighted by Crippen LogP contribution is -2.30. The van der Waals surface area contributed by atoms with Crippen molar-refractivity contribution in [3.05, 3.63) is 36.5 Å². The highest BCUT2D eigenvalue weighted by molar-refractivity contribution is 5.71. The van der Waals surface area contributed by atoms with E-state index in [1.165, 1.54) is 218 Å².